The number of nitrogens with zero attached hydrogens (tertiary/aromatic N) is 3. The van der Waals surface area contributed by atoms with Crippen LogP contribution in [-0.2, 0) is 14.3 Å². The smallest absolute Gasteiger partial charge is 0.414 e. The zero-order valence-electron chi connectivity index (χ0n) is 17.1. The Morgan fingerprint density at radius 1 is 1.23 bits per heavy atom. The Labute approximate surface area is 178 Å². The Hall–Kier alpha value is -3.49. The molecule has 3 heterocycles. The Kier molecular flexibility index (Phi) is 5.58. The largest absolute Gasteiger partial charge is 0.443 e. The molecule has 0 radical (unpaired) electrons. The summed E-state index contributed by atoms with van der Waals surface area (Å²) in [7, 11) is 0. The predicted octanol–water partition coefficient (Wildman–Crippen LogP) is 2.50. The lowest BCUT2D eigenvalue weighted by Crippen LogP contribution is -2.34. The number of hydrogen-bond donors (Lipinski definition) is 1. The first kappa shape index (κ1) is 20.8. The highest BCUT2D eigenvalue weighted by Gasteiger charge is 2.38. The quantitative estimate of drug-likeness (QED) is 0.788. The van der Waals surface area contributed by atoms with Crippen molar-refractivity contribution in [1.82, 2.24) is 4.98 Å². The van der Waals surface area contributed by atoms with Gasteiger partial charge in [-0.05, 0) is 37.3 Å². The molecule has 1 aromatic heterocycles. The van der Waals surface area contributed by atoms with E-state index in [-0.39, 0.29) is 12.3 Å². The van der Waals surface area contributed by atoms with Crippen molar-refractivity contribution in [2.24, 2.45) is 11.7 Å². The summed E-state index contributed by atoms with van der Waals surface area (Å²) in [6.07, 6.45) is 1.30. The van der Waals surface area contributed by atoms with Crippen molar-refractivity contribution in [3.63, 3.8) is 0 Å². The highest BCUT2D eigenvalue weighted by Crippen LogP contribution is 2.30. The molecule has 0 bridgehead atoms. The summed E-state index contributed by atoms with van der Waals surface area (Å²) in [5.74, 6) is -0.696. The van der Waals surface area contributed by atoms with Crippen LogP contribution in [0.1, 0.15) is 19.8 Å². The standard InChI is InChI=1S/C22H23FN4O4/c1-13(21(24)29)19-12-27(22(30)31-19)15-3-4-17(18(23)10-15)14-2-5-20(25-11-14)26-8-6-16(28)7-9-26/h2-5,10-11,13,19H,6-9,12H2,1H3,(H2,24,29)/t13-,19?/m0/s1. The highest BCUT2D eigenvalue weighted by molar-refractivity contribution is 5.91. The van der Waals surface area contributed by atoms with E-state index in [1.165, 1.54) is 11.0 Å². The fourth-order valence-corrected chi connectivity index (χ4v) is 3.76. The number of carbonyl (C=O) groups is 3. The summed E-state index contributed by atoms with van der Waals surface area (Å²) in [5, 5.41) is 0. The van der Waals surface area contributed by atoms with E-state index in [0.29, 0.717) is 42.7 Å². The predicted molar refractivity (Wildman–Crippen MR) is 112 cm³/mol. The third kappa shape index (κ3) is 4.21. The number of nitrogens with two attached hydrogens (primary N) is 1. The molecule has 2 N–H and O–H groups in total. The minimum atomic E-state index is -0.672. The molecule has 2 atom stereocenters. The third-order valence-electron chi connectivity index (χ3n) is 5.81. The maximum Gasteiger partial charge on any atom is 0.414 e. The topological polar surface area (TPSA) is 106 Å². The van der Waals surface area contributed by atoms with Gasteiger partial charge in [-0.1, -0.05) is 0 Å². The van der Waals surface area contributed by atoms with Gasteiger partial charge in [-0.25, -0.2) is 14.2 Å². The fourth-order valence-electron chi connectivity index (χ4n) is 3.76. The molecule has 0 aliphatic carbocycles. The van der Waals surface area contributed by atoms with E-state index >= 15 is 0 Å². The van der Waals surface area contributed by atoms with Gasteiger partial charge in [-0.3, -0.25) is 14.5 Å². The molecule has 2 aliphatic rings. The van der Waals surface area contributed by atoms with E-state index < -0.39 is 29.8 Å². The van der Waals surface area contributed by atoms with Crippen LogP contribution in [0, 0.1) is 11.7 Å². The van der Waals surface area contributed by atoms with E-state index in [4.69, 9.17) is 10.5 Å². The number of anilines is 2. The van der Waals surface area contributed by atoms with Crippen molar-refractivity contribution >= 4 is 29.3 Å². The van der Waals surface area contributed by atoms with Gasteiger partial charge in [0.15, 0.2) is 0 Å². The van der Waals surface area contributed by atoms with E-state index in [1.807, 2.05) is 11.0 Å². The number of piperidine rings is 1. The normalized spacial score (nSPS) is 20.0. The lowest BCUT2D eigenvalue weighted by molar-refractivity contribution is -0.123. The molecule has 0 saturated carbocycles. The van der Waals surface area contributed by atoms with E-state index in [2.05, 4.69) is 4.98 Å². The lowest BCUT2D eigenvalue weighted by atomic mass is 10.0. The second-order valence-electron chi connectivity index (χ2n) is 7.82. The van der Waals surface area contributed by atoms with Gasteiger partial charge in [0.25, 0.3) is 0 Å². The SMILES string of the molecule is C[C@H](C(N)=O)C1CN(c2ccc(-c3ccc(N4CCC(=O)CC4)nc3)c(F)c2)C(=O)O1. The molecule has 2 amide bonds. The van der Waals surface area contributed by atoms with Gasteiger partial charge in [0.1, 0.15) is 23.5 Å². The summed E-state index contributed by atoms with van der Waals surface area (Å²) in [6.45, 7) is 2.98. The van der Waals surface area contributed by atoms with Gasteiger partial charge in [0, 0.05) is 43.3 Å². The molecule has 2 fully saturated rings. The number of cyclic esters (lactones) is 1. The number of carbonyl (C=O) groups excluding carboxylic acids is 3. The summed E-state index contributed by atoms with van der Waals surface area (Å²) in [4.78, 5) is 42.7. The molecule has 0 spiro atoms. The average Bonchev–Trinajstić information content (AvgIpc) is 3.15. The molecule has 31 heavy (non-hydrogen) atoms. The van der Waals surface area contributed by atoms with Crippen molar-refractivity contribution in [1.29, 1.82) is 0 Å². The average molecular weight is 426 g/mol. The van der Waals surface area contributed by atoms with Crippen molar-refractivity contribution in [3.8, 4) is 11.1 Å². The fraction of sp³-hybridized carbons (Fsp3) is 0.364. The van der Waals surface area contributed by atoms with Crippen LogP contribution in [0.3, 0.4) is 0 Å². The summed E-state index contributed by atoms with van der Waals surface area (Å²) >= 11 is 0. The van der Waals surface area contributed by atoms with Crippen molar-refractivity contribution in [2.45, 2.75) is 25.9 Å². The number of benzene rings is 1. The first-order valence-electron chi connectivity index (χ1n) is 10.1. The molecule has 2 saturated heterocycles. The summed E-state index contributed by atoms with van der Waals surface area (Å²) < 4.78 is 20.1. The van der Waals surface area contributed by atoms with Gasteiger partial charge in [-0.2, -0.15) is 0 Å². The van der Waals surface area contributed by atoms with E-state index in [9.17, 15) is 18.8 Å². The van der Waals surface area contributed by atoms with Crippen LogP contribution >= 0.6 is 0 Å². The molecule has 9 heteroatoms. The van der Waals surface area contributed by atoms with E-state index in [1.54, 1.807) is 31.3 Å². The number of hydrogen-bond acceptors (Lipinski definition) is 6. The minimum Gasteiger partial charge on any atom is -0.443 e. The lowest BCUT2D eigenvalue weighted by Gasteiger charge is -2.27. The number of aromatic nitrogens is 1. The minimum absolute atomic E-state index is 0.121. The van der Waals surface area contributed by atoms with Crippen molar-refractivity contribution in [2.75, 3.05) is 29.4 Å². The first-order valence-corrected chi connectivity index (χ1v) is 10.1. The molecular weight excluding hydrogens is 403 g/mol. The number of pyridine rings is 1. The number of rotatable bonds is 5. The van der Waals surface area contributed by atoms with Crippen LogP contribution in [-0.4, -0.2) is 48.5 Å². The number of amides is 2. The second kappa shape index (κ2) is 8.33. The zero-order valence-corrected chi connectivity index (χ0v) is 17.1. The number of Topliss-reactive ketones (excluding diaryl/α,β-unsaturated/α-hetero) is 1. The van der Waals surface area contributed by atoms with Crippen LogP contribution in [0.15, 0.2) is 36.5 Å². The number of halogens is 1. The van der Waals surface area contributed by atoms with Gasteiger partial charge in [-0.15, -0.1) is 0 Å². The van der Waals surface area contributed by atoms with Crippen LogP contribution in [0.25, 0.3) is 11.1 Å². The number of ether oxygens (including phenoxy) is 1. The Morgan fingerprint density at radius 3 is 2.58 bits per heavy atom. The maximum atomic E-state index is 14.9. The van der Waals surface area contributed by atoms with Gasteiger partial charge >= 0.3 is 6.09 Å². The van der Waals surface area contributed by atoms with Crippen LogP contribution in [0.2, 0.25) is 0 Å². The van der Waals surface area contributed by atoms with Crippen LogP contribution < -0.4 is 15.5 Å². The first-order chi connectivity index (χ1) is 14.8. The molecular formula is C22H23FN4O4. The van der Waals surface area contributed by atoms with E-state index in [0.717, 1.165) is 5.82 Å². The maximum absolute atomic E-state index is 14.9. The van der Waals surface area contributed by atoms with Crippen molar-refractivity contribution < 1.29 is 23.5 Å². The molecule has 8 nitrogen and oxygen atoms in total. The molecule has 1 unspecified atom stereocenters. The Balaban J connectivity index is 1.49. The molecule has 4 rings (SSSR count). The third-order valence-corrected chi connectivity index (χ3v) is 5.81. The van der Waals surface area contributed by atoms with Crippen LogP contribution in [0.5, 0.6) is 0 Å². The molecule has 2 aliphatic heterocycles. The second-order valence-corrected chi connectivity index (χ2v) is 7.82. The number of ketones is 1. The van der Waals surface area contributed by atoms with Crippen LogP contribution in [0.4, 0.5) is 20.7 Å². The Bertz CT molecular complexity index is 1020. The van der Waals surface area contributed by atoms with Crippen molar-refractivity contribution in [3.05, 3.63) is 42.3 Å². The monoisotopic (exact) mass is 426 g/mol. The van der Waals surface area contributed by atoms with Gasteiger partial charge in [0.05, 0.1) is 18.2 Å². The highest BCUT2D eigenvalue weighted by atomic mass is 19.1. The summed E-state index contributed by atoms with van der Waals surface area (Å²) in [5.41, 5.74) is 6.58. The van der Waals surface area contributed by atoms with Gasteiger partial charge < -0.3 is 15.4 Å². The number of primary amides is 1. The summed E-state index contributed by atoms with van der Waals surface area (Å²) in [6, 6.07) is 8.07. The molecule has 1 aromatic carbocycles. The molecule has 162 valence electrons. The zero-order chi connectivity index (χ0) is 22.1. The molecule has 2 aromatic rings. The van der Waals surface area contributed by atoms with Gasteiger partial charge in [0.2, 0.25) is 5.91 Å². The Morgan fingerprint density at radius 2 is 1.97 bits per heavy atom.